The molecule has 2 rings (SSSR count). The van der Waals surface area contributed by atoms with Gasteiger partial charge < -0.3 is 18.9 Å². The van der Waals surface area contributed by atoms with Crippen molar-refractivity contribution >= 4 is 16.7 Å². The van der Waals surface area contributed by atoms with Gasteiger partial charge in [0.05, 0.1) is 19.6 Å². The predicted octanol–water partition coefficient (Wildman–Crippen LogP) is 2.80. The average molecular weight is 290 g/mol. The van der Waals surface area contributed by atoms with E-state index < -0.39 is 0 Å². The number of esters is 1. The highest BCUT2D eigenvalue weighted by Crippen LogP contribution is 2.38. The molecule has 0 aliphatic heterocycles. The number of fused-ring (bicyclic) bond motifs is 1. The summed E-state index contributed by atoms with van der Waals surface area (Å²) >= 11 is 0. The van der Waals surface area contributed by atoms with Crippen LogP contribution in [-0.4, -0.2) is 33.4 Å². The van der Waals surface area contributed by atoms with Crippen molar-refractivity contribution in [2.24, 2.45) is 0 Å². The van der Waals surface area contributed by atoms with Gasteiger partial charge in [0.1, 0.15) is 30.5 Å². The molecule has 2 aromatic rings. The van der Waals surface area contributed by atoms with Gasteiger partial charge in [-0.05, 0) is 18.2 Å². The molecule has 112 valence electrons. The molecule has 0 heterocycles. The zero-order valence-corrected chi connectivity index (χ0v) is 12.3. The summed E-state index contributed by atoms with van der Waals surface area (Å²) in [6, 6.07) is 9.35. The van der Waals surface area contributed by atoms with Crippen molar-refractivity contribution in [3.8, 4) is 17.2 Å². The molecule has 0 fully saturated rings. The molecule has 0 unspecified atom stereocenters. The monoisotopic (exact) mass is 290 g/mol. The highest BCUT2D eigenvalue weighted by molar-refractivity contribution is 5.97. The van der Waals surface area contributed by atoms with Gasteiger partial charge in [-0.1, -0.05) is 12.1 Å². The second-order valence-corrected chi connectivity index (χ2v) is 4.34. The van der Waals surface area contributed by atoms with Crippen LogP contribution in [0.2, 0.25) is 0 Å². The number of rotatable bonds is 6. The minimum Gasteiger partial charge on any atom is -0.496 e. The van der Waals surface area contributed by atoms with Gasteiger partial charge in [0.25, 0.3) is 0 Å². The van der Waals surface area contributed by atoms with E-state index in [0.717, 1.165) is 16.5 Å². The van der Waals surface area contributed by atoms with Crippen molar-refractivity contribution in [1.82, 2.24) is 0 Å². The van der Waals surface area contributed by atoms with Gasteiger partial charge in [-0.3, -0.25) is 4.79 Å². The first-order valence-corrected chi connectivity index (χ1v) is 6.57. The summed E-state index contributed by atoms with van der Waals surface area (Å²) in [5, 5.41) is 1.74. The number of hydrogen-bond acceptors (Lipinski definition) is 5. The third-order valence-corrected chi connectivity index (χ3v) is 3.01. The summed E-state index contributed by atoms with van der Waals surface area (Å²) in [7, 11) is 3.23. The predicted molar refractivity (Wildman–Crippen MR) is 79.2 cm³/mol. The van der Waals surface area contributed by atoms with Crippen molar-refractivity contribution in [3.63, 3.8) is 0 Å². The van der Waals surface area contributed by atoms with Gasteiger partial charge in [-0.15, -0.1) is 0 Å². The molecule has 0 bridgehead atoms. The Bertz CT molecular complexity index is 636. The average Bonchev–Trinajstić information content (AvgIpc) is 2.50. The van der Waals surface area contributed by atoms with Crippen LogP contribution in [0.25, 0.3) is 10.8 Å². The van der Waals surface area contributed by atoms with Crippen molar-refractivity contribution < 1.29 is 23.7 Å². The van der Waals surface area contributed by atoms with Crippen LogP contribution in [0.5, 0.6) is 17.2 Å². The van der Waals surface area contributed by atoms with E-state index >= 15 is 0 Å². The molecule has 0 saturated heterocycles. The topological polar surface area (TPSA) is 54.0 Å². The maximum absolute atomic E-state index is 10.7. The molecule has 0 N–H and O–H groups in total. The normalized spacial score (nSPS) is 10.2. The summed E-state index contributed by atoms with van der Waals surface area (Å²) in [5.41, 5.74) is 0. The quantitative estimate of drug-likeness (QED) is 0.605. The maximum Gasteiger partial charge on any atom is 0.302 e. The fourth-order valence-corrected chi connectivity index (χ4v) is 2.12. The Morgan fingerprint density at radius 1 is 0.952 bits per heavy atom. The number of hydrogen-bond donors (Lipinski definition) is 0. The Kier molecular flexibility index (Phi) is 4.87. The molecule has 0 aliphatic carbocycles. The van der Waals surface area contributed by atoms with Crippen LogP contribution < -0.4 is 14.2 Å². The van der Waals surface area contributed by atoms with Gasteiger partial charge in [0, 0.05) is 12.3 Å². The smallest absolute Gasteiger partial charge is 0.302 e. The summed E-state index contributed by atoms with van der Waals surface area (Å²) in [6.45, 7) is 1.85. The van der Waals surface area contributed by atoms with E-state index in [1.54, 1.807) is 14.2 Å². The maximum atomic E-state index is 10.7. The lowest BCUT2D eigenvalue weighted by Gasteiger charge is -2.14. The largest absolute Gasteiger partial charge is 0.496 e. The molecule has 0 spiro atoms. The molecular weight excluding hydrogens is 272 g/mol. The SMILES string of the molecule is COc1ccc(OC)c2c(OCCOC(C)=O)cccc12. The second-order valence-electron chi connectivity index (χ2n) is 4.34. The zero-order valence-electron chi connectivity index (χ0n) is 12.3. The van der Waals surface area contributed by atoms with Crippen LogP contribution in [-0.2, 0) is 9.53 Å². The molecule has 0 atom stereocenters. The molecule has 0 amide bonds. The fraction of sp³-hybridized carbons (Fsp3) is 0.312. The van der Waals surface area contributed by atoms with E-state index in [1.807, 2.05) is 30.3 Å². The minimum absolute atomic E-state index is 0.206. The molecule has 0 aromatic heterocycles. The van der Waals surface area contributed by atoms with Crippen LogP contribution in [0.3, 0.4) is 0 Å². The van der Waals surface area contributed by atoms with Crippen molar-refractivity contribution in [2.75, 3.05) is 27.4 Å². The fourth-order valence-electron chi connectivity index (χ4n) is 2.12. The summed E-state index contributed by atoms with van der Waals surface area (Å²) in [6.07, 6.45) is 0. The van der Waals surface area contributed by atoms with Crippen LogP contribution in [0.1, 0.15) is 6.92 Å². The summed E-state index contributed by atoms with van der Waals surface area (Å²) in [5.74, 6) is 1.79. The first-order valence-electron chi connectivity index (χ1n) is 6.57. The van der Waals surface area contributed by atoms with Crippen LogP contribution in [0, 0.1) is 0 Å². The number of carbonyl (C=O) groups is 1. The molecule has 5 nitrogen and oxygen atoms in total. The van der Waals surface area contributed by atoms with Gasteiger partial charge in [-0.2, -0.15) is 0 Å². The Labute approximate surface area is 123 Å². The second kappa shape index (κ2) is 6.83. The Morgan fingerprint density at radius 3 is 2.33 bits per heavy atom. The molecular formula is C16H18O5. The van der Waals surface area contributed by atoms with E-state index in [2.05, 4.69) is 0 Å². The van der Waals surface area contributed by atoms with Crippen LogP contribution in [0.4, 0.5) is 0 Å². The van der Waals surface area contributed by atoms with Crippen LogP contribution >= 0.6 is 0 Å². The zero-order chi connectivity index (χ0) is 15.2. The van der Waals surface area contributed by atoms with Crippen molar-refractivity contribution in [1.29, 1.82) is 0 Å². The lowest BCUT2D eigenvalue weighted by Crippen LogP contribution is -2.09. The van der Waals surface area contributed by atoms with Crippen molar-refractivity contribution in [2.45, 2.75) is 6.92 Å². The number of ether oxygens (including phenoxy) is 4. The Hall–Kier alpha value is -2.43. The summed E-state index contributed by atoms with van der Waals surface area (Å²) in [4.78, 5) is 10.7. The first-order chi connectivity index (χ1) is 10.2. The third kappa shape index (κ3) is 3.37. The highest BCUT2D eigenvalue weighted by Gasteiger charge is 2.12. The molecule has 0 radical (unpaired) electrons. The van der Waals surface area contributed by atoms with E-state index in [1.165, 1.54) is 6.92 Å². The van der Waals surface area contributed by atoms with Crippen molar-refractivity contribution in [3.05, 3.63) is 30.3 Å². The molecule has 5 heteroatoms. The van der Waals surface area contributed by atoms with E-state index in [9.17, 15) is 4.79 Å². The van der Waals surface area contributed by atoms with E-state index in [-0.39, 0.29) is 19.2 Å². The summed E-state index contributed by atoms with van der Waals surface area (Å²) < 4.78 is 21.3. The lowest BCUT2D eigenvalue weighted by molar-refractivity contribution is -0.141. The standard InChI is InChI=1S/C16H18O5/c1-11(17)20-9-10-21-15-6-4-5-12-13(18-2)7-8-14(19-3)16(12)15/h4-8H,9-10H2,1-3H3. The van der Waals surface area contributed by atoms with Gasteiger partial charge in [0.2, 0.25) is 0 Å². The minimum atomic E-state index is -0.323. The van der Waals surface area contributed by atoms with Gasteiger partial charge in [-0.25, -0.2) is 0 Å². The lowest BCUT2D eigenvalue weighted by atomic mass is 10.1. The highest BCUT2D eigenvalue weighted by atomic mass is 16.6. The molecule has 0 aliphatic rings. The van der Waals surface area contributed by atoms with Gasteiger partial charge >= 0.3 is 5.97 Å². The third-order valence-electron chi connectivity index (χ3n) is 3.01. The molecule has 21 heavy (non-hydrogen) atoms. The first kappa shape index (κ1) is 15.0. The number of methoxy groups -OCH3 is 2. The molecule has 0 saturated carbocycles. The number of carbonyl (C=O) groups excluding carboxylic acids is 1. The Balaban J connectivity index is 2.32. The Morgan fingerprint density at radius 2 is 1.67 bits per heavy atom. The number of benzene rings is 2. The van der Waals surface area contributed by atoms with E-state index in [4.69, 9.17) is 18.9 Å². The molecule has 2 aromatic carbocycles. The van der Waals surface area contributed by atoms with Crippen LogP contribution in [0.15, 0.2) is 30.3 Å². The van der Waals surface area contributed by atoms with Gasteiger partial charge in [0.15, 0.2) is 0 Å². The van der Waals surface area contributed by atoms with E-state index in [0.29, 0.717) is 11.5 Å².